The average molecular weight is 404 g/mol. The largest absolute Gasteiger partial charge is 0.435 e. The van der Waals surface area contributed by atoms with Gasteiger partial charge < -0.3 is 15.0 Å². The number of halogens is 2. The van der Waals surface area contributed by atoms with Crippen molar-refractivity contribution in [1.29, 1.82) is 0 Å². The van der Waals surface area contributed by atoms with Crippen molar-refractivity contribution in [3.8, 4) is 5.75 Å². The Labute approximate surface area is 169 Å². The van der Waals surface area contributed by atoms with Crippen LogP contribution in [-0.2, 0) is 16.1 Å². The highest BCUT2D eigenvalue weighted by Crippen LogP contribution is 2.19. The third kappa shape index (κ3) is 7.18. The molecule has 2 aromatic carbocycles. The maximum atomic E-state index is 13.1. The van der Waals surface area contributed by atoms with E-state index in [2.05, 4.69) is 10.1 Å². The predicted octanol–water partition coefficient (Wildman–Crippen LogP) is 4.15. The van der Waals surface area contributed by atoms with Crippen molar-refractivity contribution < 1.29 is 23.1 Å². The molecule has 0 saturated carbocycles. The summed E-state index contributed by atoms with van der Waals surface area (Å²) in [4.78, 5) is 26.9. The number of nitrogens with one attached hydrogen (secondary N) is 1. The van der Waals surface area contributed by atoms with Crippen molar-refractivity contribution in [2.75, 3.05) is 7.05 Å². The number of benzene rings is 2. The van der Waals surface area contributed by atoms with Crippen LogP contribution in [0, 0.1) is 5.92 Å². The fourth-order valence-electron chi connectivity index (χ4n) is 2.87. The van der Waals surface area contributed by atoms with Crippen LogP contribution in [0.2, 0.25) is 0 Å². The Bertz CT molecular complexity index is 795. The van der Waals surface area contributed by atoms with Gasteiger partial charge in [-0.05, 0) is 29.2 Å². The molecule has 0 saturated heterocycles. The van der Waals surface area contributed by atoms with Crippen LogP contribution < -0.4 is 10.1 Å². The molecule has 156 valence electrons. The fraction of sp³-hybridized carbons (Fsp3) is 0.364. The molecule has 0 heterocycles. The normalized spacial score (nSPS) is 12.0. The molecule has 0 radical (unpaired) electrons. The van der Waals surface area contributed by atoms with Gasteiger partial charge in [-0.3, -0.25) is 9.59 Å². The number of alkyl halides is 2. The van der Waals surface area contributed by atoms with Crippen LogP contribution in [0.5, 0.6) is 5.75 Å². The molecule has 0 spiro atoms. The van der Waals surface area contributed by atoms with E-state index >= 15 is 0 Å². The first-order valence-corrected chi connectivity index (χ1v) is 9.39. The lowest BCUT2D eigenvalue weighted by atomic mass is 10.0. The van der Waals surface area contributed by atoms with Gasteiger partial charge in [-0.2, -0.15) is 8.78 Å². The molecule has 0 aliphatic rings. The number of likely N-dealkylation sites (N-methyl/N-ethyl adjacent to an activating group) is 1. The molecule has 0 aliphatic heterocycles. The fourth-order valence-corrected chi connectivity index (χ4v) is 2.87. The van der Waals surface area contributed by atoms with Crippen molar-refractivity contribution in [3.05, 3.63) is 65.7 Å². The van der Waals surface area contributed by atoms with Crippen molar-refractivity contribution in [2.24, 2.45) is 5.92 Å². The first kappa shape index (κ1) is 22.3. The Hall–Kier alpha value is -2.96. The first-order chi connectivity index (χ1) is 13.8. The van der Waals surface area contributed by atoms with Crippen LogP contribution in [0.25, 0.3) is 0 Å². The minimum Gasteiger partial charge on any atom is -0.435 e. The number of ether oxygens (including phenoxy) is 1. The molecular formula is C22H26F2N2O3. The van der Waals surface area contributed by atoms with E-state index < -0.39 is 12.7 Å². The number of rotatable bonds is 9. The van der Waals surface area contributed by atoms with Gasteiger partial charge in [0.2, 0.25) is 11.8 Å². The lowest BCUT2D eigenvalue weighted by Gasteiger charge is -2.25. The molecule has 0 bridgehead atoms. The zero-order valence-electron chi connectivity index (χ0n) is 16.8. The summed E-state index contributed by atoms with van der Waals surface area (Å²) in [5.41, 5.74) is 1.45. The third-order valence-corrected chi connectivity index (χ3v) is 4.22. The molecule has 0 aliphatic carbocycles. The molecule has 0 aromatic heterocycles. The summed E-state index contributed by atoms with van der Waals surface area (Å²) < 4.78 is 28.9. The van der Waals surface area contributed by atoms with Crippen LogP contribution >= 0.6 is 0 Å². The SMILES string of the molecule is CC(C)CC(=O)NC(C(=O)N(C)Cc1ccc(OC(F)F)cc1)c1ccccc1. The lowest BCUT2D eigenvalue weighted by Crippen LogP contribution is -2.41. The van der Waals surface area contributed by atoms with Gasteiger partial charge in [-0.25, -0.2) is 0 Å². The Morgan fingerprint density at radius 1 is 1.03 bits per heavy atom. The topological polar surface area (TPSA) is 58.6 Å². The molecular weight excluding hydrogens is 378 g/mol. The summed E-state index contributed by atoms with van der Waals surface area (Å²) in [7, 11) is 1.64. The van der Waals surface area contributed by atoms with Crippen molar-refractivity contribution >= 4 is 11.8 Å². The maximum Gasteiger partial charge on any atom is 0.387 e. The zero-order valence-corrected chi connectivity index (χ0v) is 16.8. The van der Waals surface area contributed by atoms with Crippen molar-refractivity contribution in [3.63, 3.8) is 0 Å². The number of hydrogen-bond donors (Lipinski definition) is 1. The third-order valence-electron chi connectivity index (χ3n) is 4.22. The molecule has 5 nitrogen and oxygen atoms in total. The van der Waals surface area contributed by atoms with E-state index in [1.54, 1.807) is 31.3 Å². The van der Waals surface area contributed by atoms with Gasteiger partial charge >= 0.3 is 6.61 Å². The van der Waals surface area contributed by atoms with Gasteiger partial charge in [-0.1, -0.05) is 56.3 Å². The minimum absolute atomic E-state index is 0.0563. The van der Waals surface area contributed by atoms with Crippen molar-refractivity contribution in [2.45, 2.75) is 39.5 Å². The van der Waals surface area contributed by atoms with E-state index in [4.69, 9.17) is 0 Å². The summed E-state index contributed by atoms with van der Waals surface area (Å²) in [6.45, 7) is 1.25. The minimum atomic E-state index is -2.88. The second-order valence-corrected chi connectivity index (χ2v) is 7.23. The Kier molecular flexibility index (Phi) is 8.12. The van der Waals surface area contributed by atoms with Crippen LogP contribution in [0.1, 0.15) is 37.4 Å². The highest BCUT2D eigenvalue weighted by Gasteiger charge is 2.26. The molecule has 1 unspecified atom stereocenters. The smallest absolute Gasteiger partial charge is 0.387 e. The standard InChI is InChI=1S/C22H26F2N2O3/c1-15(2)13-19(27)25-20(17-7-5-4-6-8-17)21(28)26(3)14-16-9-11-18(12-10-16)29-22(23)24/h4-12,15,20,22H,13-14H2,1-3H3,(H,25,27). The predicted molar refractivity (Wildman–Crippen MR) is 106 cm³/mol. The van der Waals surface area contributed by atoms with Gasteiger partial charge in [0.1, 0.15) is 11.8 Å². The van der Waals surface area contributed by atoms with Gasteiger partial charge in [0.15, 0.2) is 0 Å². The van der Waals surface area contributed by atoms with Crippen LogP contribution in [-0.4, -0.2) is 30.4 Å². The molecule has 2 rings (SSSR count). The Morgan fingerprint density at radius 3 is 2.21 bits per heavy atom. The van der Waals surface area contributed by atoms with Gasteiger partial charge in [0, 0.05) is 20.0 Å². The summed E-state index contributed by atoms with van der Waals surface area (Å²) in [5.74, 6) is -0.223. The number of nitrogens with zero attached hydrogens (tertiary/aromatic N) is 1. The number of amides is 2. The van der Waals surface area contributed by atoms with Gasteiger partial charge in [-0.15, -0.1) is 0 Å². The second kappa shape index (κ2) is 10.5. The molecule has 7 heteroatoms. The van der Waals surface area contributed by atoms with Gasteiger partial charge in [0.05, 0.1) is 0 Å². The highest BCUT2D eigenvalue weighted by molar-refractivity contribution is 5.88. The average Bonchev–Trinajstić information content (AvgIpc) is 2.67. The van der Waals surface area contributed by atoms with E-state index in [9.17, 15) is 18.4 Å². The van der Waals surface area contributed by atoms with E-state index in [0.29, 0.717) is 12.0 Å². The summed E-state index contributed by atoms with van der Waals surface area (Å²) in [6, 6.07) is 14.4. The Morgan fingerprint density at radius 2 is 1.66 bits per heavy atom. The second-order valence-electron chi connectivity index (χ2n) is 7.23. The maximum absolute atomic E-state index is 13.1. The molecule has 29 heavy (non-hydrogen) atoms. The number of carbonyl (C=O) groups is 2. The molecule has 0 fully saturated rings. The Balaban J connectivity index is 2.11. The van der Waals surface area contributed by atoms with E-state index in [1.165, 1.54) is 17.0 Å². The van der Waals surface area contributed by atoms with E-state index in [0.717, 1.165) is 5.56 Å². The first-order valence-electron chi connectivity index (χ1n) is 9.39. The monoisotopic (exact) mass is 404 g/mol. The van der Waals surface area contributed by atoms with Crippen molar-refractivity contribution in [1.82, 2.24) is 10.2 Å². The van der Waals surface area contributed by atoms with E-state index in [-0.39, 0.29) is 30.0 Å². The molecule has 2 amide bonds. The lowest BCUT2D eigenvalue weighted by molar-refractivity contribution is -0.136. The number of hydrogen-bond acceptors (Lipinski definition) is 3. The van der Waals surface area contributed by atoms with Gasteiger partial charge in [0.25, 0.3) is 0 Å². The summed E-state index contributed by atoms with van der Waals surface area (Å²) >= 11 is 0. The molecule has 1 N–H and O–H groups in total. The summed E-state index contributed by atoms with van der Waals surface area (Å²) in [5, 5.41) is 2.83. The van der Waals surface area contributed by atoms with Crippen LogP contribution in [0.4, 0.5) is 8.78 Å². The quantitative estimate of drug-likeness (QED) is 0.683. The summed E-state index contributed by atoms with van der Waals surface area (Å²) in [6.07, 6.45) is 0.325. The highest BCUT2D eigenvalue weighted by atomic mass is 19.3. The molecule has 2 aromatic rings. The van der Waals surface area contributed by atoms with Crippen LogP contribution in [0.15, 0.2) is 54.6 Å². The molecule has 1 atom stereocenters. The number of carbonyl (C=O) groups excluding carboxylic acids is 2. The van der Waals surface area contributed by atoms with Crippen LogP contribution in [0.3, 0.4) is 0 Å². The zero-order chi connectivity index (χ0) is 21.4. The van der Waals surface area contributed by atoms with E-state index in [1.807, 2.05) is 32.0 Å².